The largest absolute Gasteiger partial charge is 0.350 e. The van der Waals surface area contributed by atoms with Gasteiger partial charge in [0.05, 0.1) is 16.9 Å². The van der Waals surface area contributed by atoms with Crippen LogP contribution in [-0.4, -0.2) is 32.2 Å². The Balaban J connectivity index is 1.31. The van der Waals surface area contributed by atoms with Crippen LogP contribution in [0.2, 0.25) is 0 Å². The van der Waals surface area contributed by atoms with Gasteiger partial charge < -0.3 is 5.32 Å². The van der Waals surface area contributed by atoms with Gasteiger partial charge >= 0.3 is 0 Å². The van der Waals surface area contributed by atoms with Gasteiger partial charge in [-0.05, 0) is 18.9 Å². The zero-order chi connectivity index (χ0) is 19.5. The van der Waals surface area contributed by atoms with E-state index in [1.807, 2.05) is 20.2 Å². The van der Waals surface area contributed by atoms with Crippen LogP contribution >= 0.6 is 22.7 Å². The first kappa shape index (κ1) is 18.5. The van der Waals surface area contributed by atoms with Crippen molar-refractivity contribution in [3.8, 4) is 21.8 Å². The number of thiazole rings is 2. The Morgan fingerprint density at radius 2 is 1.93 bits per heavy atom. The lowest BCUT2D eigenvalue weighted by Gasteiger charge is -2.05. The molecule has 0 radical (unpaired) electrons. The molecule has 142 valence electrons. The van der Waals surface area contributed by atoms with Crippen LogP contribution in [0.1, 0.15) is 21.1 Å². The van der Waals surface area contributed by atoms with Crippen molar-refractivity contribution in [3.63, 3.8) is 0 Å². The molecule has 0 aliphatic rings. The lowest BCUT2D eigenvalue weighted by molar-refractivity contribution is 0.0950. The molecule has 1 amide bonds. The van der Waals surface area contributed by atoms with E-state index in [9.17, 15) is 4.79 Å². The topological polar surface area (TPSA) is 72.7 Å². The van der Waals surface area contributed by atoms with Crippen molar-refractivity contribution < 1.29 is 4.79 Å². The summed E-state index contributed by atoms with van der Waals surface area (Å²) in [5.74, 6) is -0.152. The molecule has 6 nitrogen and oxygen atoms in total. The Hall–Kier alpha value is -2.84. The van der Waals surface area contributed by atoms with Crippen LogP contribution in [0, 0.1) is 6.92 Å². The quantitative estimate of drug-likeness (QED) is 0.523. The Morgan fingerprint density at radius 1 is 1.11 bits per heavy atom. The summed E-state index contributed by atoms with van der Waals surface area (Å²) in [5.41, 5.74) is 4.66. The Kier molecular flexibility index (Phi) is 5.31. The molecular weight excluding hydrogens is 390 g/mol. The second kappa shape index (κ2) is 8.04. The predicted octanol–water partition coefficient (Wildman–Crippen LogP) is 3.95. The molecule has 4 aromatic rings. The van der Waals surface area contributed by atoms with Crippen LogP contribution < -0.4 is 5.32 Å². The molecule has 3 aromatic heterocycles. The smallest absolute Gasteiger partial charge is 0.270 e. The third-order valence-corrected chi connectivity index (χ3v) is 5.92. The van der Waals surface area contributed by atoms with E-state index in [2.05, 4.69) is 50.0 Å². The fraction of sp³-hybridized carbons (Fsp3) is 0.200. The van der Waals surface area contributed by atoms with Gasteiger partial charge in [0.1, 0.15) is 10.7 Å². The van der Waals surface area contributed by atoms with Crippen LogP contribution in [0.15, 0.2) is 47.4 Å². The van der Waals surface area contributed by atoms with E-state index in [0.29, 0.717) is 12.2 Å². The van der Waals surface area contributed by atoms with Gasteiger partial charge in [0, 0.05) is 41.7 Å². The molecule has 0 bridgehead atoms. The summed E-state index contributed by atoms with van der Waals surface area (Å²) in [6.45, 7) is 2.57. The molecule has 0 fully saturated rings. The minimum atomic E-state index is -0.152. The van der Waals surface area contributed by atoms with E-state index < -0.39 is 0 Å². The number of nitrogens with one attached hydrogen (secondary N) is 1. The molecule has 4 rings (SSSR count). The summed E-state index contributed by atoms with van der Waals surface area (Å²) in [4.78, 5) is 21.3. The van der Waals surface area contributed by atoms with Gasteiger partial charge in [-0.2, -0.15) is 5.10 Å². The maximum absolute atomic E-state index is 12.3. The highest BCUT2D eigenvalue weighted by Gasteiger charge is 2.12. The van der Waals surface area contributed by atoms with E-state index in [-0.39, 0.29) is 5.91 Å². The van der Waals surface area contributed by atoms with Crippen molar-refractivity contribution in [1.29, 1.82) is 0 Å². The number of carbonyl (C=O) groups is 1. The normalized spacial score (nSPS) is 10.9. The molecule has 0 saturated carbocycles. The highest BCUT2D eigenvalue weighted by Crippen LogP contribution is 2.23. The molecule has 28 heavy (non-hydrogen) atoms. The highest BCUT2D eigenvalue weighted by atomic mass is 32.1. The zero-order valence-electron chi connectivity index (χ0n) is 15.5. The Bertz CT molecular complexity index is 1090. The predicted molar refractivity (Wildman–Crippen MR) is 113 cm³/mol. The van der Waals surface area contributed by atoms with E-state index in [1.165, 1.54) is 16.9 Å². The summed E-state index contributed by atoms with van der Waals surface area (Å²) >= 11 is 3.10. The maximum atomic E-state index is 12.3. The Labute approximate surface area is 170 Å². The van der Waals surface area contributed by atoms with Gasteiger partial charge in [-0.1, -0.05) is 24.3 Å². The molecule has 1 N–H and O–H groups in total. The number of benzene rings is 1. The minimum Gasteiger partial charge on any atom is -0.350 e. The fourth-order valence-corrected chi connectivity index (χ4v) is 4.19. The van der Waals surface area contributed by atoms with Crippen LogP contribution in [0.5, 0.6) is 0 Å². The summed E-state index contributed by atoms with van der Waals surface area (Å²) in [6, 6.07) is 8.32. The van der Waals surface area contributed by atoms with E-state index in [1.54, 1.807) is 27.6 Å². The number of hydrogen-bond acceptors (Lipinski definition) is 6. The van der Waals surface area contributed by atoms with Gasteiger partial charge in [0.2, 0.25) is 0 Å². The summed E-state index contributed by atoms with van der Waals surface area (Å²) in [5, 5.41) is 12.8. The molecule has 0 aliphatic carbocycles. The van der Waals surface area contributed by atoms with E-state index >= 15 is 0 Å². The highest BCUT2D eigenvalue weighted by molar-refractivity contribution is 7.13. The molecular formula is C20H19N5OS2. The first-order valence-electron chi connectivity index (χ1n) is 8.82. The van der Waals surface area contributed by atoms with Crippen molar-refractivity contribution in [2.75, 3.05) is 6.54 Å². The van der Waals surface area contributed by atoms with Crippen LogP contribution in [0.4, 0.5) is 0 Å². The third-order valence-electron chi connectivity index (χ3n) is 4.26. The number of aromatic nitrogens is 4. The molecule has 3 heterocycles. The number of hydrogen-bond donors (Lipinski definition) is 1. The lowest BCUT2D eigenvalue weighted by Crippen LogP contribution is -2.25. The van der Waals surface area contributed by atoms with Gasteiger partial charge in [-0.15, -0.1) is 22.7 Å². The molecule has 0 saturated heterocycles. The monoisotopic (exact) mass is 409 g/mol. The second-order valence-corrected chi connectivity index (χ2v) is 8.32. The van der Waals surface area contributed by atoms with E-state index in [4.69, 9.17) is 0 Å². The number of nitrogens with zero attached hydrogens (tertiary/aromatic N) is 4. The zero-order valence-corrected chi connectivity index (χ0v) is 17.2. The first-order valence-corrected chi connectivity index (χ1v) is 10.6. The molecule has 0 unspecified atom stereocenters. The summed E-state index contributed by atoms with van der Waals surface area (Å²) in [6.07, 6.45) is 4.40. The van der Waals surface area contributed by atoms with Gasteiger partial charge in [0.15, 0.2) is 0 Å². The molecule has 0 spiro atoms. The van der Waals surface area contributed by atoms with Crippen molar-refractivity contribution in [2.24, 2.45) is 7.05 Å². The fourth-order valence-electron chi connectivity index (χ4n) is 2.79. The summed E-state index contributed by atoms with van der Waals surface area (Å²) < 4.78 is 1.72. The standard InChI is InChI=1S/C20H19N5OS2/c1-13-23-17(11-27-13)15-5-3-14(4-6-15)7-8-21-19(26)18-12-28-20(24-18)16-9-22-25(2)10-16/h3-6,9-12H,7-8H2,1-2H3,(H,21,26). The molecule has 0 aliphatic heterocycles. The van der Waals surface area contributed by atoms with Crippen LogP contribution in [0.25, 0.3) is 21.8 Å². The number of carbonyl (C=O) groups excluding carboxylic acids is 1. The second-order valence-electron chi connectivity index (χ2n) is 6.40. The SMILES string of the molecule is Cc1nc(-c2ccc(CCNC(=O)c3csc(-c4cnn(C)c4)n3)cc2)cs1. The average Bonchev–Trinajstić information content (AvgIpc) is 3.43. The minimum absolute atomic E-state index is 0.152. The number of amides is 1. The average molecular weight is 410 g/mol. The van der Waals surface area contributed by atoms with Gasteiger partial charge in [0.25, 0.3) is 5.91 Å². The van der Waals surface area contributed by atoms with Crippen molar-refractivity contribution >= 4 is 28.6 Å². The van der Waals surface area contributed by atoms with Crippen molar-refractivity contribution in [3.05, 3.63) is 63.7 Å². The van der Waals surface area contributed by atoms with Crippen LogP contribution in [0.3, 0.4) is 0 Å². The van der Waals surface area contributed by atoms with Gasteiger partial charge in [-0.3, -0.25) is 9.48 Å². The van der Waals surface area contributed by atoms with Crippen molar-refractivity contribution in [2.45, 2.75) is 13.3 Å². The number of rotatable bonds is 6. The summed E-state index contributed by atoms with van der Waals surface area (Å²) in [7, 11) is 1.86. The van der Waals surface area contributed by atoms with E-state index in [0.717, 1.165) is 33.3 Å². The van der Waals surface area contributed by atoms with Gasteiger partial charge in [-0.25, -0.2) is 9.97 Å². The molecule has 8 heteroatoms. The number of aryl methyl sites for hydroxylation is 2. The lowest BCUT2D eigenvalue weighted by atomic mass is 10.1. The maximum Gasteiger partial charge on any atom is 0.270 e. The third kappa shape index (κ3) is 4.18. The van der Waals surface area contributed by atoms with Crippen molar-refractivity contribution in [1.82, 2.24) is 25.1 Å². The molecule has 1 aromatic carbocycles. The molecule has 0 atom stereocenters. The van der Waals surface area contributed by atoms with Crippen LogP contribution in [-0.2, 0) is 13.5 Å². The first-order chi connectivity index (χ1) is 13.6. The Morgan fingerprint density at radius 3 is 2.61 bits per heavy atom.